The SMILES string of the molecule is CC[C@H](C(=O)O)N(C)Cc1ccc(C)c2cccnc12. The molecule has 0 saturated carbocycles. The molecule has 20 heavy (non-hydrogen) atoms. The molecule has 106 valence electrons. The zero-order valence-electron chi connectivity index (χ0n) is 12.1. The molecule has 1 aromatic heterocycles. The van der Waals surface area contributed by atoms with Crippen LogP contribution in [0.1, 0.15) is 24.5 Å². The van der Waals surface area contributed by atoms with Crippen molar-refractivity contribution in [1.29, 1.82) is 0 Å². The van der Waals surface area contributed by atoms with E-state index in [0.29, 0.717) is 13.0 Å². The third kappa shape index (κ3) is 2.80. The molecule has 1 aromatic carbocycles. The van der Waals surface area contributed by atoms with Crippen LogP contribution >= 0.6 is 0 Å². The summed E-state index contributed by atoms with van der Waals surface area (Å²) in [4.78, 5) is 17.5. The molecule has 2 rings (SSSR count). The lowest BCUT2D eigenvalue weighted by Crippen LogP contribution is -2.37. The molecule has 4 heteroatoms. The van der Waals surface area contributed by atoms with Crippen molar-refractivity contribution >= 4 is 16.9 Å². The molecular weight excluding hydrogens is 252 g/mol. The Hall–Kier alpha value is -1.94. The summed E-state index contributed by atoms with van der Waals surface area (Å²) in [6.45, 7) is 4.53. The van der Waals surface area contributed by atoms with Crippen LogP contribution < -0.4 is 0 Å². The first-order valence-electron chi connectivity index (χ1n) is 6.80. The van der Waals surface area contributed by atoms with Gasteiger partial charge in [-0.3, -0.25) is 14.7 Å². The van der Waals surface area contributed by atoms with Crippen LogP contribution in [0.25, 0.3) is 10.9 Å². The second kappa shape index (κ2) is 6.01. The summed E-state index contributed by atoms with van der Waals surface area (Å²) in [6.07, 6.45) is 2.36. The normalized spacial score (nSPS) is 12.8. The summed E-state index contributed by atoms with van der Waals surface area (Å²) in [5, 5.41) is 10.3. The molecule has 1 atom stereocenters. The van der Waals surface area contributed by atoms with E-state index in [2.05, 4.69) is 24.0 Å². The van der Waals surface area contributed by atoms with Crippen LogP contribution in [0.2, 0.25) is 0 Å². The molecular formula is C16H20N2O2. The van der Waals surface area contributed by atoms with Crippen LogP contribution in [-0.4, -0.2) is 34.0 Å². The summed E-state index contributed by atoms with van der Waals surface area (Å²) in [5.74, 6) is -0.778. The highest BCUT2D eigenvalue weighted by Crippen LogP contribution is 2.22. The van der Waals surface area contributed by atoms with Gasteiger partial charge in [-0.1, -0.05) is 25.1 Å². The van der Waals surface area contributed by atoms with Crippen LogP contribution in [0.4, 0.5) is 0 Å². The van der Waals surface area contributed by atoms with Gasteiger partial charge in [0.25, 0.3) is 0 Å². The highest BCUT2D eigenvalue weighted by atomic mass is 16.4. The van der Waals surface area contributed by atoms with E-state index >= 15 is 0 Å². The number of aromatic nitrogens is 1. The average Bonchev–Trinajstić information content (AvgIpc) is 2.42. The number of likely N-dealkylation sites (N-methyl/N-ethyl adjacent to an activating group) is 1. The second-order valence-electron chi connectivity index (χ2n) is 5.12. The van der Waals surface area contributed by atoms with Crippen LogP contribution in [0.15, 0.2) is 30.5 Å². The van der Waals surface area contributed by atoms with E-state index in [9.17, 15) is 9.90 Å². The fourth-order valence-electron chi connectivity index (χ4n) is 2.56. The highest BCUT2D eigenvalue weighted by molar-refractivity contribution is 5.84. The van der Waals surface area contributed by atoms with Crippen molar-refractivity contribution in [3.8, 4) is 0 Å². The van der Waals surface area contributed by atoms with Gasteiger partial charge in [0.2, 0.25) is 0 Å². The number of hydrogen-bond acceptors (Lipinski definition) is 3. The van der Waals surface area contributed by atoms with Crippen LogP contribution in [0, 0.1) is 6.92 Å². The summed E-state index contributed by atoms with van der Waals surface area (Å²) in [5.41, 5.74) is 3.21. The Bertz CT molecular complexity index is 625. The minimum Gasteiger partial charge on any atom is -0.480 e. The van der Waals surface area contributed by atoms with Crippen molar-refractivity contribution in [3.05, 3.63) is 41.6 Å². The number of nitrogens with zero attached hydrogens (tertiary/aromatic N) is 2. The van der Waals surface area contributed by atoms with Crippen LogP contribution in [0.5, 0.6) is 0 Å². The maximum Gasteiger partial charge on any atom is 0.320 e. The molecule has 0 bridgehead atoms. The molecule has 4 nitrogen and oxygen atoms in total. The second-order valence-corrected chi connectivity index (χ2v) is 5.12. The van der Waals surface area contributed by atoms with Gasteiger partial charge in [0, 0.05) is 18.1 Å². The third-order valence-electron chi connectivity index (χ3n) is 3.69. The number of fused-ring (bicyclic) bond motifs is 1. The van der Waals surface area contributed by atoms with Gasteiger partial charge in [-0.05, 0) is 37.6 Å². The smallest absolute Gasteiger partial charge is 0.320 e. The Morgan fingerprint density at radius 1 is 1.40 bits per heavy atom. The fourth-order valence-corrected chi connectivity index (χ4v) is 2.56. The lowest BCUT2D eigenvalue weighted by atomic mass is 10.0. The lowest BCUT2D eigenvalue weighted by molar-refractivity contribution is -0.143. The molecule has 0 radical (unpaired) electrons. The van der Waals surface area contributed by atoms with E-state index in [1.165, 1.54) is 5.56 Å². The minimum absolute atomic E-state index is 0.463. The number of carbonyl (C=O) groups is 1. The number of carboxylic acid groups (broad SMARTS) is 1. The zero-order valence-corrected chi connectivity index (χ0v) is 12.1. The molecule has 0 aliphatic heterocycles. The molecule has 0 fully saturated rings. The number of hydrogen-bond donors (Lipinski definition) is 1. The van der Waals surface area contributed by atoms with Gasteiger partial charge in [-0.15, -0.1) is 0 Å². The van der Waals surface area contributed by atoms with Gasteiger partial charge >= 0.3 is 5.97 Å². The van der Waals surface area contributed by atoms with Crippen molar-refractivity contribution in [1.82, 2.24) is 9.88 Å². The number of aryl methyl sites for hydroxylation is 1. The monoisotopic (exact) mass is 272 g/mol. The van der Waals surface area contributed by atoms with Gasteiger partial charge < -0.3 is 5.11 Å². The third-order valence-corrected chi connectivity index (χ3v) is 3.69. The predicted octanol–water partition coefficient (Wildman–Crippen LogP) is 2.84. The number of rotatable bonds is 5. The van der Waals surface area contributed by atoms with Crippen molar-refractivity contribution in [3.63, 3.8) is 0 Å². The van der Waals surface area contributed by atoms with Crippen molar-refractivity contribution in [2.75, 3.05) is 7.05 Å². The zero-order chi connectivity index (χ0) is 14.7. The summed E-state index contributed by atoms with van der Waals surface area (Å²) in [6, 6.07) is 7.62. The quantitative estimate of drug-likeness (QED) is 0.909. The van der Waals surface area contributed by atoms with E-state index in [0.717, 1.165) is 16.5 Å². The summed E-state index contributed by atoms with van der Waals surface area (Å²) in [7, 11) is 1.84. The van der Waals surface area contributed by atoms with E-state index in [-0.39, 0.29) is 0 Å². The Labute approximate surface area is 119 Å². The number of benzene rings is 1. The van der Waals surface area contributed by atoms with Gasteiger partial charge in [0.15, 0.2) is 0 Å². The largest absolute Gasteiger partial charge is 0.480 e. The van der Waals surface area contributed by atoms with Crippen molar-refractivity contribution in [2.24, 2.45) is 0 Å². The molecule has 0 aliphatic rings. The Balaban J connectivity index is 2.35. The summed E-state index contributed by atoms with van der Waals surface area (Å²) >= 11 is 0. The standard InChI is InChI=1S/C16H20N2O2/c1-4-14(16(19)20)18(3)10-12-8-7-11(2)13-6-5-9-17-15(12)13/h5-9,14H,4,10H2,1-3H3,(H,19,20)/t14-/m1/s1. The number of pyridine rings is 1. The summed E-state index contributed by atoms with van der Waals surface area (Å²) < 4.78 is 0. The fraction of sp³-hybridized carbons (Fsp3) is 0.375. The minimum atomic E-state index is -0.778. The molecule has 1 N–H and O–H groups in total. The molecule has 2 aromatic rings. The van der Waals surface area contributed by atoms with E-state index in [1.54, 1.807) is 6.20 Å². The first kappa shape index (κ1) is 14.5. The van der Waals surface area contributed by atoms with Crippen LogP contribution in [-0.2, 0) is 11.3 Å². The maximum atomic E-state index is 11.2. The molecule has 0 spiro atoms. The lowest BCUT2D eigenvalue weighted by Gasteiger charge is -2.24. The Morgan fingerprint density at radius 3 is 2.80 bits per heavy atom. The Morgan fingerprint density at radius 2 is 2.15 bits per heavy atom. The molecule has 0 unspecified atom stereocenters. The molecule has 1 heterocycles. The van der Waals surface area contributed by atoms with Gasteiger partial charge in [-0.25, -0.2) is 0 Å². The van der Waals surface area contributed by atoms with Crippen molar-refractivity contribution in [2.45, 2.75) is 32.9 Å². The highest BCUT2D eigenvalue weighted by Gasteiger charge is 2.21. The first-order valence-corrected chi connectivity index (χ1v) is 6.80. The number of aliphatic carboxylic acids is 1. The first-order chi connectivity index (χ1) is 9.54. The molecule has 0 amide bonds. The molecule has 0 aliphatic carbocycles. The maximum absolute atomic E-state index is 11.2. The predicted molar refractivity (Wildman–Crippen MR) is 79.7 cm³/mol. The van der Waals surface area contributed by atoms with Gasteiger partial charge in [0.1, 0.15) is 6.04 Å². The average molecular weight is 272 g/mol. The van der Waals surface area contributed by atoms with Crippen LogP contribution in [0.3, 0.4) is 0 Å². The Kier molecular flexibility index (Phi) is 4.35. The van der Waals surface area contributed by atoms with E-state index in [1.807, 2.05) is 31.0 Å². The van der Waals surface area contributed by atoms with Crippen molar-refractivity contribution < 1.29 is 9.90 Å². The molecule has 0 saturated heterocycles. The van der Waals surface area contributed by atoms with E-state index < -0.39 is 12.0 Å². The van der Waals surface area contributed by atoms with Gasteiger partial charge in [-0.2, -0.15) is 0 Å². The number of carboxylic acids is 1. The van der Waals surface area contributed by atoms with Gasteiger partial charge in [0.05, 0.1) is 5.52 Å². The topological polar surface area (TPSA) is 53.4 Å². The van der Waals surface area contributed by atoms with E-state index in [4.69, 9.17) is 0 Å².